The molecule has 7 heteroatoms. The maximum Gasteiger partial charge on any atom is 0.287 e. The first-order valence-electron chi connectivity index (χ1n) is 8.18. The summed E-state index contributed by atoms with van der Waals surface area (Å²) in [6.45, 7) is -0.0420. The molecule has 3 heterocycles. The lowest BCUT2D eigenvalue weighted by atomic mass is 9.94. The molecule has 0 spiro atoms. The molecule has 0 saturated carbocycles. The number of hydrogen-bond donors (Lipinski definition) is 2. The van der Waals surface area contributed by atoms with Crippen LogP contribution in [-0.2, 0) is 5.60 Å². The van der Waals surface area contributed by atoms with E-state index in [1.54, 1.807) is 24.3 Å². The summed E-state index contributed by atoms with van der Waals surface area (Å²) < 4.78 is 5.56. The Balaban J connectivity index is 1.62. The van der Waals surface area contributed by atoms with Gasteiger partial charge in [-0.25, -0.2) is 0 Å². The lowest BCUT2D eigenvalue weighted by molar-refractivity contribution is 0.0706. The van der Waals surface area contributed by atoms with Gasteiger partial charge >= 0.3 is 0 Å². The van der Waals surface area contributed by atoms with Crippen LogP contribution in [0.5, 0.6) is 0 Å². The quantitative estimate of drug-likeness (QED) is 0.539. The Morgan fingerprint density at radius 2 is 2.00 bits per heavy atom. The fourth-order valence-corrected chi connectivity index (χ4v) is 4.43. The van der Waals surface area contributed by atoms with E-state index in [0.717, 1.165) is 4.88 Å². The number of nitrogens with one attached hydrogen (secondary N) is 1. The smallest absolute Gasteiger partial charge is 0.287 e. The molecule has 4 rings (SSSR count). The summed E-state index contributed by atoms with van der Waals surface area (Å²) in [7, 11) is 0. The van der Waals surface area contributed by atoms with E-state index in [0.29, 0.717) is 16.5 Å². The minimum absolute atomic E-state index is 0.0420. The SMILES string of the molecule is O=C(NC[C@@](O)(c1ccsc1)c1cccs1)c1cc(=O)c2ccccc2o1. The molecule has 0 radical (unpaired) electrons. The van der Waals surface area contributed by atoms with Crippen molar-refractivity contribution in [2.24, 2.45) is 0 Å². The molecule has 0 bridgehead atoms. The molecular weight excluding hydrogens is 382 g/mol. The number of benzene rings is 1. The Bertz CT molecular complexity index is 1100. The lowest BCUT2D eigenvalue weighted by Crippen LogP contribution is -2.41. The number of thiophene rings is 2. The number of aliphatic hydroxyl groups is 1. The number of para-hydroxylation sites is 1. The van der Waals surface area contributed by atoms with Crippen LogP contribution in [0.4, 0.5) is 0 Å². The molecule has 1 amide bonds. The number of fused-ring (bicyclic) bond motifs is 1. The van der Waals surface area contributed by atoms with Crippen molar-refractivity contribution in [2.75, 3.05) is 6.54 Å². The van der Waals surface area contributed by atoms with Crippen molar-refractivity contribution >= 4 is 39.5 Å². The molecule has 27 heavy (non-hydrogen) atoms. The molecule has 5 nitrogen and oxygen atoms in total. The van der Waals surface area contributed by atoms with Gasteiger partial charge in [-0.1, -0.05) is 18.2 Å². The van der Waals surface area contributed by atoms with Gasteiger partial charge in [0, 0.05) is 16.5 Å². The van der Waals surface area contributed by atoms with E-state index in [2.05, 4.69) is 5.32 Å². The molecule has 2 N–H and O–H groups in total. The molecule has 136 valence electrons. The summed E-state index contributed by atoms with van der Waals surface area (Å²) >= 11 is 2.88. The van der Waals surface area contributed by atoms with Gasteiger partial charge in [-0.3, -0.25) is 9.59 Å². The van der Waals surface area contributed by atoms with Gasteiger partial charge in [0.25, 0.3) is 5.91 Å². The molecule has 0 aliphatic rings. The first-order valence-corrected chi connectivity index (χ1v) is 10.0. The van der Waals surface area contributed by atoms with Gasteiger partial charge in [0.2, 0.25) is 0 Å². The van der Waals surface area contributed by atoms with Gasteiger partial charge < -0.3 is 14.8 Å². The fraction of sp³-hybridized carbons (Fsp3) is 0.100. The van der Waals surface area contributed by atoms with Crippen LogP contribution in [0.3, 0.4) is 0 Å². The fourth-order valence-electron chi connectivity index (χ4n) is 2.86. The Hall–Kier alpha value is -2.74. The van der Waals surface area contributed by atoms with E-state index in [9.17, 15) is 14.7 Å². The lowest BCUT2D eigenvalue weighted by Gasteiger charge is -2.26. The van der Waals surface area contributed by atoms with E-state index in [-0.39, 0.29) is 17.7 Å². The van der Waals surface area contributed by atoms with E-state index >= 15 is 0 Å². The first-order chi connectivity index (χ1) is 13.1. The second-order valence-electron chi connectivity index (χ2n) is 6.00. The van der Waals surface area contributed by atoms with Crippen LogP contribution >= 0.6 is 22.7 Å². The van der Waals surface area contributed by atoms with Crippen LogP contribution in [-0.4, -0.2) is 17.6 Å². The van der Waals surface area contributed by atoms with Crippen molar-refractivity contribution in [3.05, 3.63) is 91.1 Å². The number of amides is 1. The predicted octanol–water partition coefficient (Wildman–Crippen LogP) is 3.58. The van der Waals surface area contributed by atoms with Gasteiger partial charge in [0.15, 0.2) is 11.2 Å². The molecule has 4 aromatic rings. The van der Waals surface area contributed by atoms with Gasteiger partial charge in [0.1, 0.15) is 11.2 Å². The van der Waals surface area contributed by atoms with Crippen LogP contribution in [0.1, 0.15) is 21.0 Å². The molecule has 0 fully saturated rings. The van der Waals surface area contributed by atoms with E-state index in [4.69, 9.17) is 4.42 Å². The van der Waals surface area contributed by atoms with Gasteiger partial charge in [-0.15, -0.1) is 11.3 Å². The Morgan fingerprint density at radius 3 is 2.74 bits per heavy atom. The molecule has 1 aromatic carbocycles. The van der Waals surface area contributed by atoms with Crippen molar-refractivity contribution in [3.63, 3.8) is 0 Å². The molecule has 1 atom stereocenters. The van der Waals surface area contributed by atoms with Crippen molar-refractivity contribution in [3.8, 4) is 0 Å². The maximum absolute atomic E-state index is 12.6. The molecule has 0 aliphatic carbocycles. The van der Waals surface area contributed by atoms with Crippen molar-refractivity contribution < 1.29 is 14.3 Å². The largest absolute Gasteiger partial charge is 0.451 e. The zero-order valence-electron chi connectivity index (χ0n) is 14.0. The standard InChI is InChI=1S/C20H15NO4S2/c22-15-10-17(25-16-5-2-1-4-14(15)16)19(23)21-12-20(24,13-7-9-26-11-13)18-6-3-8-27-18/h1-11,24H,12H2,(H,21,23)/t20-/m1/s1. The monoisotopic (exact) mass is 397 g/mol. The first kappa shape index (κ1) is 17.7. The highest BCUT2D eigenvalue weighted by Crippen LogP contribution is 2.33. The summed E-state index contributed by atoms with van der Waals surface area (Å²) in [5, 5.41) is 20.0. The molecule has 0 saturated heterocycles. The summed E-state index contributed by atoms with van der Waals surface area (Å²) in [6.07, 6.45) is 0. The Labute approximate surface area is 162 Å². The van der Waals surface area contributed by atoms with Crippen LogP contribution in [0.25, 0.3) is 11.0 Å². The highest BCUT2D eigenvalue weighted by atomic mass is 32.1. The molecule has 0 unspecified atom stereocenters. The molecular formula is C20H15NO4S2. The van der Waals surface area contributed by atoms with Gasteiger partial charge in [0.05, 0.1) is 11.9 Å². The van der Waals surface area contributed by atoms with Crippen molar-refractivity contribution in [1.82, 2.24) is 5.32 Å². The third-order valence-electron chi connectivity index (χ3n) is 4.29. The third-order valence-corrected chi connectivity index (χ3v) is 5.99. The van der Waals surface area contributed by atoms with Gasteiger partial charge in [-0.2, -0.15) is 11.3 Å². The predicted molar refractivity (Wildman–Crippen MR) is 106 cm³/mol. The maximum atomic E-state index is 12.6. The molecule has 0 aliphatic heterocycles. The van der Waals surface area contributed by atoms with Gasteiger partial charge in [-0.05, 0) is 40.4 Å². The average molecular weight is 397 g/mol. The van der Waals surface area contributed by atoms with Crippen molar-refractivity contribution in [1.29, 1.82) is 0 Å². The number of carbonyl (C=O) groups excluding carboxylic acids is 1. The van der Waals surface area contributed by atoms with E-state index < -0.39 is 11.5 Å². The highest BCUT2D eigenvalue weighted by Gasteiger charge is 2.34. The second kappa shape index (κ2) is 7.11. The van der Waals surface area contributed by atoms with E-state index in [1.807, 2.05) is 34.3 Å². The van der Waals surface area contributed by atoms with Crippen molar-refractivity contribution in [2.45, 2.75) is 5.60 Å². The van der Waals surface area contributed by atoms with E-state index in [1.165, 1.54) is 28.7 Å². The average Bonchev–Trinajstić information content (AvgIpc) is 3.40. The zero-order chi connectivity index (χ0) is 18.9. The second-order valence-corrected chi connectivity index (χ2v) is 7.73. The minimum Gasteiger partial charge on any atom is -0.451 e. The molecule has 3 aromatic heterocycles. The van der Waals surface area contributed by atoms with Crippen LogP contribution in [0.15, 0.2) is 73.9 Å². The number of hydrogen-bond acceptors (Lipinski definition) is 6. The Kier molecular flexibility index (Phi) is 4.65. The zero-order valence-corrected chi connectivity index (χ0v) is 15.7. The Morgan fingerprint density at radius 1 is 1.15 bits per heavy atom. The number of rotatable bonds is 5. The summed E-state index contributed by atoms with van der Waals surface area (Å²) in [5.41, 5.74) is -0.578. The highest BCUT2D eigenvalue weighted by molar-refractivity contribution is 7.10. The minimum atomic E-state index is -1.35. The van der Waals surface area contributed by atoms with Crippen LogP contribution in [0.2, 0.25) is 0 Å². The number of carbonyl (C=O) groups is 1. The summed E-state index contributed by atoms with van der Waals surface area (Å²) in [6, 6.07) is 13.4. The topological polar surface area (TPSA) is 79.5 Å². The van der Waals surface area contributed by atoms with Crippen LogP contribution in [0, 0.1) is 0 Å². The third kappa shape index (κ3) is 3.32. The summed E-state index contributed by atoms with van der Waals surface area (Å²) in [4.78, 5) is 25.5. The van der Waals surface area contributed by atoms with Crippen LogP contribution < -0.4 is 10.7 Å². The normalized spacial score (nSPS) is 13.4. The summed E-state index contributed by atoms with van der Waals surface area (Å²) in [5.74, 6) is -0.638.